The van der Waals surface area contributed by atoms with E-state index in [-0.39, 0.29) is 12.3 Å². The van der Waals surface area contributed by atoms with Crippen LogP contribution in [0.2, 0.25) is 0 Å². The number of amides is 3. The maximum atomic E-state index is 14.2. The molecular formula is C31H38N4O4S. The Balaban J connectivity index is 1.42. The topological polar surface area (TPSA) is 105 Å². The van der Waals surface area contributed by atoms with Gasteiger partial charge < -0.3 is 15.8 Å². The summed E-state index contributed by atoms with van der Waals surface area (Å²) in [5.74, 6) is -1.26. The van der Waals surface area contributed by atoms with Crippen molar-refractivity contribution in [3.05, 3.63) is 71.1 Å². The van der Waals surface area contributed by atoms with Crippen LogP contribution in [0.1, 0.15) is 47.3 Å². The lowest BCUT2D eigenvalue weighted by atomic mass is 9.94. The van der Waals surface area contributed by atoms with Gasteiger partial charge in [-0.05, 0) is 48.9 Å². The fourth-order valence-electron chi connectivity index (χ4n) is 5.64. The van der Waals surface area contributed by atoms with Gasteiger partial charge in [-0.25, -0.2) is 0 Å². The van der Waals surface area contributed by atoms with Crippen molar-refractivity contribution in [2.24, 2.45) is 5.73 Å². The Labute approximate surface area is 239 Å². The zero-order valence-corrected chi connectivity index (χ0v) is 23.7. The fraction of sp³-hybridized carbons (Fsp3) is 0.452. The van der Waals surface area contributed by atoms with Crippen LogP contribution in [0.3, 0.4) is 0 Å². The number of nitrogens with one attached hydrogen (secondary N) is 1. The van der Waals surface area contributed by atoms with Crippen molar-refractivity contribution < 1.29 is 19.1 Å². The number of carbonyl (C=O) groups is 3. The van der Waals surface area contributed by atoms with Gasteiger partial charge in [-0.3, -0.25) is 24.2 Å². The molecule has 3 amide bonds. The van der Waals surface area contributed by atoms with Gasteiger partial charge >= 0.3 is 0 Å². The van der Waals surface area contributed by atoms with Gasteiger partial charge in [0, 0.05) is 30.8 Å². The second kappa shape index (κ2) is 13.0. The summed E-state index contributed by atoms with van der Waals surface area (Å²) in [6.45, 7) is 4.52. The third-order valence-electron chi connectivity index (χ3n) is 7.94. The lowest BCUT2D eigenvalue weighted by Gasteiger charge is -2.35. The van der Waals surface area contributed by atoms with Gasteiger partial charge in [0.05, 0.1) is 23.6 Å². The Morgan fingerprint density at radius 2 is 1.73 bits per heavy atom. The first kappa shape index (κ1) is 28.4. The summed E-state index contributed by atoms with van der Waals surface area (Å²) in [6, 6.07) is 18.1. The molecule has 40 heavy (non-hydrogen) atoms. The molecule has 0 radical (unpaired) electrons. The molecule has 1 atom stereocenters. The number of imide groups is 1. The first-order valence-corrected chi connectivity index (χ1v) is 15.0. The molecule has 212 valence electrons. The highest BCUT2D eigenvalue weighted by Gasteiger charge is 2.46. The molecule has 2 aliphatic rings. The van der Waals surface area contributed by atoms with Gasteiger partial charge in [0.2, 0.25) is 11.8 Å². The minimum absolute atomic E-state index is 0.217. The maximum absolute atomic E-state index is 14.2. The first-order valence-electron chi connectivity index (χ1n) is 14.2. The van der Waals surface area contributed by atoms with Crippen LogP contribution in [0.15, 0.2) is 60.7 Å². The Morgan fingerprint density at radius 3 is 2.45 bits per heavy atom. The normalized spacial score (nSPS) is 17.9. The molecule has 3 aromatic rings. The number of rotatable bonds is 10. The van der Waals surface area contributed by atoms with Crippen molar-refractivity contribution >= 4 is 39.1 Å². The average molecular weight is 563 g/mol. The van der Waals surface area contributed by atoms with E-state index in [2.05, 4.69) is 10.2 Å². The van der Waals surface area contributed by atoms with Gasteiger partial charge in [-0.1, -0.05) is 61.4 Å². The number of ether oxygens (including phenoxy) is 1. The van der Waals surface area contributed by atoms with E-state index in [1.807, 2.05) is 54.6 Å². The van der Waals surface area contributed by atoms with E-state index < -0.39 is 23.4 Å². The van der Waals surface area contributed by atoms with Gasteiger partial charge in [0.15, 0.2) is 0 Å². The highest BCUT2D eigenvalue weighted by atomic mass is 32.1. The van der Waals surface area contributed by atoms with Crippen LogP contribution in [0, 0.1) is 0 Å². The Bertz CT molecular complexity index is 1280. The molecule has 0 spiro atoms. The molecule has 1 aliphatic heterocycles. The molecule has 2 aromatic carbocycles. The standard InChI is InChI=1S/C31H38N4O4S/c32-31(13-6-7-14-31)30(38)35(29(37)27-22-24-11-4-5-12-26(24)40-27)25(21-23-9-2-1-3-10-23)28(36)33-15-8-16-34-17-19-39-20-18-34/h1-5,9-12,22,25H,6-8,13-21,32H2,(H,33,36)/t25-/m0/s1. The minimum Gasteiger partial charge on any atom is -0.379 e. The van der Waals surface area contributed by atoms with Crippen molar-refractivity contribution in [3.63, 3.8) is 0 Å². The van der Waals surface area contributed by atoms with Gasteiger partial charge in [-0.2, -0.15) is 0 Å². The summed E-state index contributed by atoms with van der Waals surface area (Å²) in [5, 5.41) is 3.96. The monoisotopic (exact) mass is 562 g/mol. The first-order chi connectivity index (χ1) is 19.4. The minimum atomic E-state index is -1.15. The fourth-order valence-corrected chi connectivity index (χ4v) is 6.64. The summed E-state index contributed by atoms with van der Waals surface area (Å²) >= 11 is 1.33. The second-order valence-electron chi connectivity index (χ2n) is 10.8. The number of thiophene rings is 1. The number of nitrogens with zero attached hydrogens (tertiary/aromatic N) is 2. The third kappa shape index (κ3) is 6.61. The SMILES string of the molecule is NC1(C(=O)N(C(=O)c2cc3ccccc3s2)[C@@H](Cc2ccccc2)C(=O)NCCCN2CCOCC2)CCCC1. The number of carbonyl (C=O) groups excluding carboxylic acids is 3. The van der Waals surface area contributed by atoms with E-state index in [0.717, 1.165) is 67.8 Å². The number of nitrogens with two attached hydrogens (primary N) is 1. The molecular weight excluding hydrogens is 524 g/mol. The predicted octanol–water partition coefficient (Wildman–Crippen LogP) is 3.59. The van der Waals surface area contributed by atoms with Crippen LogP contribution in [-0.2, 0) is 20.7 Å². The molecule has 1 aliphatic carbocycles. The largest absolute Gasteiger partial charge is 0.379 e. The Kier molecular flexibility index (Phi) is 9.26. The van der Waals surface area contributed by atoms with E-state index >= 15 is 0 Å². The van der Waals surface area contributed by atoms with Gasteiger partial charge in [0.1, 0.15) is 6.04 Å². The van der Waals surface area contributed by atoms with Crippen LogP contribution in [0.25, 0.3) is 10.1 Å². The molecule has 0 unspecified atom stereocenters. The van der Waals surface area contributed by atoms with Crippen LogP contribution in [-0.4, -0.2) is 78.5 Å². The number of hydrogen-bond donors (Lipinski definition) is 2. The van der Waals surface area contributed by atoms with Crippen molar-refractivity contribution in [3.8, 4) is 0 Å². The number of hydrogen-bond acceptors (Lipinski definition) is 7. The van der Waals surface area contributed by atoms with E-state index in [1.54, 1.807) is 6.07 Å². The molecule has 1 saturated heterocycles. The van der Waals surface area contributed by atoms with Crippen LogP contribution in [0.5, 0.6) is 0 Å². The lowest BCUT2D eigenvalue weighted by Crippen LogP contribution is -2.61. The zero-order valence-electron chi connectivity index (χ0n) is 22.8. The molecule has 0 bridgehead atoms. The Morgan fingerprint density at radius 1 is 1.02 bits per heavy atom. The molecule has 9 heteroatoms. The van der Waals surface area contributed by atoms with Crippen LogP contribution in [0.4, 0.5) is 0 Å². The van der Waals surface area contributed by atoms with Gasteiger partial charge in [0.25, 0.3) is 5.91 Å². The van der Waals surface area contributed by atoms with Crippen molar-refractivity contribution in [2.45, 2.75) is 50.1 Å². The second-order valence-corrected chi connectivity index (χ2v) is 11.9. The number of fused-ring (bicyclic) bond motifs is 1. The zero-order chi connectivity index (χ0) is 28.0. The predicted molar refractivity (Wildman–Crippen MR) is 157 cm³/mol. The quantitative estimate of drug-likeness (QED) is 0.289. The van der Waals surface area contributed by atoms with E-state index in [4.69, 9.17) is 10.5 Å². The summed E-state index contributed by atoms with van der Waals surface area (Å²) in [5.41, 5.74) is 6.36. The van der Waals surface area contributed by atoms with Crippen molar-refractivity contribution in [1.29, 1.82) is 0 Å². The molecule has 5 rings (SSSR count). The van der Waals surface area contributed by atoms with E-state index in [9.17, 15) is 14.4 Å². The van der Waals surface area contributed by atoms with E-state index in [0.29, 0.717) is 24.3 Å². The summed E-state index contributed by atoms with van der Waals surface area (Å²) in [4.78, 5) is 46.1. The van der Waals surface area contributed by atoms with E-state index in [1.165, 1.54) is 16.2 Å². The lowest BCUT2D eigenvalue weighted by molar-refractivity contribution is -0.141. The Hall–Kier alpha value is -3.11. The van der Waals surface area contributed by atoms with Gasteiger partial charge in [-0.15, -0.1) is 11.3 Å². The summed E-state index contributed by atoms with van der Waals surface area (Å²) < 4.78 is 6.37. The molecule has 1 aromatic heterocycles. The molecule has 2 heterocycles. The number of benzene rings is 2. The highest BCUT2D eigenvalue weighted by molar-refractivity contribution is 7.20. The average Bonchev–Trinajstić information content (AvgIpc) is 3.63. The highest BCUT2D eigenvalue weighted by Crippen LogP contribution is 2.33. The van der Waals surface area contributed by atoms with Crippen molar-refractivity contribution in [1.82, 2.24) is 15.1 Å². The maximum Gasteiger partial charge on any atom is 0.271 e. The van der Waals surface area contributed by atoms with Crippen LogP contribution >= 0.6 is 11.3 Å². The molecule has 2 fully saturated rings. The summed E-state index contributed by atoms with van der Waals surface area (Å²) in [6.07, 6.45) is 3.63. The van der Waals surface area contributed by atoms with Crippen LogP contribution < -0.4 is 11.1 Å². The van der Waals surface area contributed by atoms with Crippen molar-refractivity contribution in [2.75, 3.05) is 39.4 Å². The number of morpholine rings is 1. The molecule has 1 saturated carbocycles. The summed E-state index contributed by atoms with van der Waals surface area (Å²) in [7, 11) is 0. The molecule has 8 nitrogen and oxygen atoms in total. The third-order valence-corrected chi connectivity index (χ3v) is 9.04. The smallest absolute Gasteiger partial charge is 0.271 e. The molecule has 3 N–H and O–H groups in total.